The number of ether oxygens (including phenoxy) is 2. The smallest absolute Gasteiger partial charge is 0.295 e. The van der Waals surface area contributed by atoms with Crippen LogP contribution in [0.5, 0.6) is 11.5 Å². The van der Waals surface area contributed by atoms with E-state index in [1.807, 2.05) is 17.0 Å². The third kappa shape index (κ3) is 3.46. The van der Waals surface area contributed by atoms with Gasteiger partial charge >= 0.3 is 0 Å². The van der Waals surface area contributed by atoms with E-state index < -0.39 is 17.7 Å². The highest BCUT2D eigenvalue weighted by Gasteiger charge is 2.54. The standard InChI is InChI=1S/C25H25ClN2O5/c1-32-17-12-14-9-10-27-22(21(14)20(13-17)33-2)18-7-4-8-19(24(27)30)28(18)25(31)23(29)15-5-3-6-16(26)11-15/h3,5-6,11-13,18-19,22H,4,7-10H2,1-2H3/t18-,19+,22?/m1/s1. The number of piperazine rings is 1. The summed E-state index contributed by atoms with van der Waals surface area (Å²) in [6.45, 7) is 0.560. The van der Waals surface area contributed by atoms with Crippen LogP contribution in [0.1, 0.15) is 46.8 Å². The fourth-order valence-corrected chi connectivity index (χ4v) is 5.80. The molecule has 2 bridgehead atoms. The van der Waals surface area contributed by atoms with Gasteiger partial charge in [-0.3, -0.25) is 14.4 Å². The van der Waals surface area contributed by atoms with Crippen LogP contribution in [-0.4, -0.2) is 60.2 Å². The van der Waals surface area contributed by atoms with Crippen LogP contribution in [0.4, 0.5) is 0 Å². The molecule has 2 saturated heterocycles. The van der Waals surface area contributed by atoms with E-state index in [1.54, 1.807) is 32.4 Å². The maximum absolute atomic E-state index is 13.6. The van der Waals surface area contributed by atoms with Gasteiger partial charge in [0.2, 0.25) is 11.7 Å². The Hall–Kier alpha value is -3.06. The number of nitrogens with zero attached hydrogens (tertiary/aromatic N) is 2. The third-order valence-electron chi connectivity index (χ3n) is 7.03. The molecule has 2 amide bonds. The summed E-state index contributed by atoms with van der Waals surface area (Å²) in [5.41, 5.74) is 2.17. The number of Topliss-reactive ketones (excluding diaryl/α,β-unsaturated/α-hetero) is 1. The van der Waals surface area contributed by atoms with Gasteiger partial charge in [0.1, 0.15) is 17.5 Å². The summed E-state index contributed by atoms with van der Waals surface area (Å²) >= 11 is 6.04. The SMILES string of the molecule is COc1cc2c(c(OC)c1)C1[C@H]3CCC[C@@H](C(=O)N1CC2)N3C(=O)C(=O)c1cccc(Cl)c1. The van der Waals surface area contributed by atoms with Crippen LogP contribution in [0.2, 0.25) is 5.02 Å². The minimum absolute atomic E-state index is 0.105. The lowest BCUT2D eigenvalue weighted by atomic mass is 9.78. The van der Waals surface area contributed by atoms with E-state index in [4.69, 9.17) is 21.1 Å². The first kappa shape index (κ1) is 21.8. The van der Waals surface area contributed by atoms with Crippen molar-refractivity contribution in [1.29, 1.82) is 0 Å². The van der Waals surface area contributed by atoms with Crippen molar-refractivity contribution < 1.29 is 23.9 Å². The molecule has 3 aliphatic rings. The summed E-state index contributed by atoms with van der Waals surface area (Å²) in [6.07, 6.45) is 2.75. The Balaban J connectivity index is 1.58. The topological polar surface area (TPSA) is 76.2 Å². The maximum Gasteiger partial charge on any atom is 0.295 e. The predicted octanol–water partition coefficient (Wildman–Crippen LogP) is 3.43. The molecule has 0 aromatic heterocycles. The van der Waals surface area contributed by atoms with Crippen LogP contribution in [0.3, 0.4) is 0 Å². The van der Waals surface area contributed by atoms with E-state index in [-0.39, 0.29) is 23.6 Å². The highest BCUT2D eigenvalue weighted by Crippen LogP contribution is 2.48. The molecule has 3 atom stereocenters. The van der Waals surface area contributed by atoms with Gasteiger partial charge in [0.15, 0.2) is 0 Å². The minimum atomic E-state index is -0.653. The average molecular weight is 469 g/mol. The number of halogens is 1. The molecular weight excluding hydrogens is 444 g/mol. The fraction of sp³-hybridized carbons (Fsp3) is 0.400. The van der Waals surface area contributed by atoms with Gasteiger partial charge in [0.25, 0.3) is 5.91 Å². The van der Waals surface area contributed by atoms with Crippen LogP contribution < -0.4 is 9.47 Å². The molecule has 0 N–H and O–H groups in total. The molecule has 8 heteroatoms. The Kier molecular flexibility index (Phi) is 5.52. The van der Waals surface area contributed by atoms with Crippen LogP contribution in [0.15, 0.2) is 36.4 Å². The van der Waals surface area contributed by atoms with Crippen LogP contribution >= 0.6 is 11.6 Å². The lowest BCUT2D eigenvalue weighted by molar-refractivity contribution is -0.164. The first-order valence-electron chi connectivity index (χ1n) is 11.1. The molecule has 2 fully saturated rings. The van der Waals surface area contributed by atoms with Crippen LogP contribution in [0.25, 0.3) is 0 Å². The van der Waals surface area contributed by atoms with Gasteiger partial charge in [-0.2, -0.15) is 0 Å². The third-order valence-corrected chi connectivity index (χ3v) is 7.26. The molecule has 0 saturated carbocycles. The van der Waals surface area contributed by atoms with Gasteiger partial charge in [0, 0.05) is 28.8 Å². The highest BCUT2D eigenvalue weighted by atomic mass is 35.5. The molecule has 5 rings (SSSR count). The van der Waals surface area contributed by atoms with Crippen molar-refractivity contribution in [3.05, 3.63) is 58.1 Å². The van der Waals surface area contributed by atoms with E-state index >= 15 is 0 Å². The quantitative estimate of drug-likeness (QED) is 0.507. The molecule has 0 aliphatic carbocycles. The van der Waals surface area contributed by atoms with Gasteiger partial charge in [-0.15, -0.1) is 0 Å². The number of fused-ring (bicyclic) bond motifs is 6. The van der Waals surface area contributed by atoms with Crippen molar-refractivity contribution in [2.24, 2.45) is 0 Å². The lowest BCUT2D eigenvalue weighted by Gasteiger charge is -2.55. The largest absolute Gasteiger partial charge is 0.497 e. The zero-order chi connectivity index (χ0) is 23.3. The summed E-state index contributed by atoms with van der Waals surface area (Å²) in [6, 6.07) is 8.84. The van der Waals surface area contributed by atoms with Crippen molar-refractivity contribution in [3.8, 4) is 11.5 Å². The first-order chi connectivity index (χ1) is 15.9. The normalized spacial score (nSPS) is 23.5. The van der Waals surface area contributed by atoms with E-state index in [0.717, 1.165) is 17.5 Å². The van der Waals surface area contributed by atoms with Crippen molar-refractivity contribution in [2.75, 3.05) is 20.8 Å². The number of amides is 2. The summed E-state index contributed by atoms with van der Waals surface area (Å²) in [5.74, 6) is -0.0872. The monoisotopic (exact) mass is 468 g/mol. The summed E-state index contributed by atoms with van der Waals surface area (Å²) in [4.78, 5) is 43.6. The second kappa shape index (κ2) is 8.37. The Labute approximate surface area is 197 Å². The van der Waals surface area contributed by atoms with Gasteiger partial charge in [-0.25, -0.2) is 0 Å². The number of rotatable bonds is 4. The zero-order valence-electron chi connectivity index (χ0n) is 18.5. The second-order valence-corrected chi connectivity index (χ2v) is 9.13. The first-order valence-corrected chi connectivity index (χ1v) is 11.5. The van der Waals surface area contributed by atoms with E-state index in [1.165, 1.54) is 11.0 Å². The number of carbonyl (C=O) groups is 3. The molecule has 3 heterocycles. The van der Waals surface area contributed by atoms with E-state index in [2.05, 4.69) is 0 Å². The molecule has 1 unspecified atom stereocenters. The van der Waals surface area contributed by atoms with Gasteiger partial charge in [0.05, 0.1) is 26.3 Å². The molecule has 33 heavy (non-hydrogen) atoms. The van der Waals surface area contributed by atoms with Crippen molar-refractivity contribution >= 4 is 29.2 Å². The summed E-state index contributed by atoms with van der Waals surface area (Å²) < 4.78 is 11.1. The number of hydrogen-bond donors (Lipinski definition) is 0. The van der Waals surface area contributed by atoms with Gasteiger partial charge < -0.3 is 19.3 Å². The number of ketones is 1. The number of carbonyl (C=O) groups excluding carboxylic acids is 3. The summed E-state index contributed by atoms with van der Waals surface area (Å²) in [5, 5.41) is 0.384. The number of hydrogen-bond acceptors (Lipinski definition) is 5. The van der Waals surface area contributed by atoms with E-state index in [9.17, 15) is 14.4 Å². The molecule has 2 aromatic rings. The zero-order valence-corrected chi connectivity index (χ0v) is 19.3. The summed E-state index contributed by atoms with van der Waals surface area (Å²) in [7, 11) is 3.20. The van der Waals surface area contributed by atoms with Gasteiger partial charge in [-0.1, -0.05) is 23.7 Å². The Morgan fingerprint density at radius 1 is 1.09 bits per heavy atom. The molecular formula is C25H25ClN2O5. The molecule has 7 nitrogen and oxygen atoms in total. The fourth-order valence-electron chi connectivity index (χ4n) is 5.60. The Morgan fingerprint density at radius 2 is 1.91 bits per heavy atom. The number of methoxy groups -OCH3 is 2. The molecule has 3 aliphatic heterocycles. The minimum Gasteiger partial charge on any atom is -0.497 e. The number of piperidine rings is 1. The predicted molar refractivity (Wildman–Crippen MR) is 122 cm³/mol. The molecule has 0 radical (unpaired) electrons. The lowest BCUT2D eigenvalue weighted by Crippen LogP contribution is -2.68. The molecule has 2 aromatic carbocycles. The average Bonchev–Trinajstić information content (AvgIpc) is 2.84. The van der Waals surface area contributed by atoms with E-state index in [0.29, 0.717) is 42.3 Å². The van der Waals surface area contributed by atoms with Crippen molar-refractivity contribution in [1.82, 2.24) is 9.80 Å². The molecule has 0 spiro atoms. The Bertz CT molecular complexity index is 1130. The highest BCUT2D eigenvalue weighted by molar-refractivity contribution is 6.43. The molecule has 172 valence electrons. The van der Waals surface area contributed by atoms with Crippen molar-refractivity contribution in [2.45, 2.75) is 43.8 Å². The second-order valence-electron chi connectivity index (χ2n) is 8.69. The van der Waals surface area contributed by atoms with Gasteiger partial charge in [-0.05, 0) is 49.4 Å². The Morgan fingerprint density at radius 3 is 2.64 bits per heavy atom. The van der Waals surface area contributed by atoms with Crippen molar-refractivity contribution in [3.63, 3.8) is 0 Å². The maximum atomic E-state index is 13.6. The number of benzene rings is 2. The van der Waals surface area contributed by atoms with Crippen LogP contribution in [0, 0.1) is 0 Å². The van der Waals surface area contributed by atoms with Crippen LogP contribution in [-0.2, 0) is 16.0 Å².